The predicted octanol–water partition coefficient (Wildman–Crippen LogP) is 3.04. The smallest absolute Gasteiger partial charge is 0.285 e. The van der Waals surface area contributed by atoms with Crippen molar-refractivity contribution in [2.45, 2.75) is 6.92 Å². The number of rotatable bonds is 6. The van der Waals surface area contributed by atoms with Crippen LogP contribution in [-0.4, -0.2) is 30.1 Å². The summed E-state index contributed by atoms with van der Waals surface area (Å²) in [5.74, 6) is 1.21. The zero-order valence-electron chi connectivity index (χ0n) is 12.4. The molecule has 0 saturated heterocycles. The van der Waals surface area contributed by atoms with Gasteiger partial charge < -0.3 is 9.47 Å². The highest BCUT2D eigenvalue weighted by Crippen LogP contribution is 2.36. The molecule has 1 heterocycles. The highest BCUT2D eigenvalue weighted by atomic mass is 79.9. The van der Waals surface area contributed by atoms with Crippen molar-refractivity contribution >= 4 is 39.4 Å². The highest BCUT2D eigenvalue weighted by molar-refractivity contribution is 9.10. The molecule has 0 aliphatic rings. The van der Waals surface area contributed by atoms with Gasteiger partial charge >= 0.3 is 0 Å². The van der Waals surface area contributed by atoms with Crippen LogP contribution in [0.4, 0.5) is 5.69 Å². The van der Waals surface area contributed by atoms with Crippen molar-refractivity contribution < 1.29 is 9.47 Å². The van der Waals surface area contributed by atoms with Crippen LogP contribution in [0.3, 0.4) is 0 Å². The second-order valence-electron chi connectivity index (χ2n) is 4.26. The molecule has 0 bridgehead atoms. The third-order valence-electron chi connectivity index (χ3n) is 2.73. The number of halogens is 2. The summed E-state index contributed by atoms with van der Waals surface area (Å²) in [7, 11) is 1.56. The standard InChI is InChI=1S/C14H14BrClN4O3/c1-3-23-13-9(15)4-8(5-11(13)22-2)6-17-19-10-7-18-20-14(21)12(10)16/h4-7H,3H2,1-2H3,(H2,19,20,21)/b17-6-. The van der Waals surface area contributed by atoms with Crippen molar-refractivity contribution in [3.8, 4) is 11.5 Å². The summed E-state index contributed by atoms with van der Waals surface area (Å²) in [4.78, 5) is 11.3. The predicted molar refractivity (Wildman–Crippen MR) is 92.9 cm³/mol. The van der Waals surface area contributed by atoms with Crippen LogP contribution in [-0.2, 0) is 0 Å². The molecule has 0 unspecified atom stereocenters. The Bertz CT molecular complexity index is 779. The Morgan fingerprint density at radius 1 is 1.52 bits per heavy atom. The van der Waals surface area contributed by atoms with Crippen molar-refractivity contribution in [2.24, 2.45) is 5.10 Å². The minimum absolute atomic E-state index is 0.0115. The number of hydrazone groups is 1. The summed E-state index contributed by atoms with van der Waals surface area (Å²) in [5, 5.41) is 9.89. The van der Waals surface area contributed by atoms with E-state index in [0.717, 1.165) is 10.0 Å². The van der Waals surface area contributed by atoms with Crippen LogP contribution in [0.15, 0.2) is 32.7 Å². The highest BCUT2D eigenvalue weighted by Gasteiger charge is 2.10. The van der Waals surface area contributed by atoms with Crippen LogP contribution >= 0.6 is 27.5 Å². The van der Waals surface area contributed by atoms with Gasteiger partial charge in [0, 0.05) is 0 Å². The average Bonchev–Trinajstić information content (AvgIpc) is 2.53. The Morgan fingerprint density at radius 2 is 2.30 bits per heavy atom. The molecule has 0 aliphatic heterocycles. The molecule has 0 atom stereocenters. The van der Waals surface area contributed by atoms with Crippen LogP contribution in [0.5, 0.6) is 11.5 Å². The third kappa shape index (κ3) is 4.23. The topological polar surface area (TPSA) is 88.6 Å². The number of aromatic amines is 1. The van der Waals surface area contributed by atoms with Gasteiger partial charge in [0.2, 0.25) is 0 Å². The number of hydrogen-bond donors (Lipinski definition) is 2. The van der Waals surface area contributed by atoms with E-state index in [1.807, 2.05) is 13.0 Å². The van der Waals surface area contributed by atoms with Gasteiger partial charge in [-0.3, -0.25) is 10.2 Å². The number of ether oxygens (including phenoxy) is 2. The maximum absolute atomic E-state index is 11.3. The van der Waals surface area contributed by atoms with Crippen LogP contribution in [0.25, 0.3) is 0 Å². The molecular weight excluding hydrogens is 388 g/mol. The molecule has 122 valence electrons. The van der Waals surface area contributed by atoms with Crippen molar-refractivity contribution in [1.82, 2.24) is 10.2 Å². The van der Waals surface area contributed by atoms with Gasteiger partial charge in [-0.05, 0) is 40.5 Å². The van der Waals surface area contributed by atoms with Gasteiger partial charge in [-0.2, -0.15) is 10.2 Å². The molecule has 0 spiro atoms. The molecule has 2 rings (SSSR count). The lowest BCUT2D eigenvalue weighted by Gasteiger charge is -2.12. The second kappa shape index (κ2) is 7.98. The molecular formula is C14H14BrClN4O3. The zero-order valence-corrected chi connectivity index (χ0v) is 14.7. The fourth-order valence-electron chi connectivity index (χ4n) is 1.74. The van der Waals surface area contributed by atoms with Gasteiger partial charge in [0.25, 0.3) is 5.56 Å². The van der Waals surface area contributed by atoms with E-state index in [1.165, 1.54) is 6.20 Å². The number of anilines is 1. The van der Waals surface area contributed by atoms with Gasteiger partial charge in [0.05, 0.1) is 30.6 Å². The minimum Gasteiger partial charge on any atom is -0.493 e. The first-order valence-electron chi connectivity index (χ1n) is 6.59. The summed E-state index contributed by atoms with van der Waals surface area (Å²) in [6, 6.07) is 3.61. The average molecular weight is 402 g/mol. The van der Waals surface area contributed by atoms with Gasteiger partial charge in [0.1, 0.15) is 10.7 Å². The lowest BCUT2D eigenvalue weighted by Crippen LogP contribution is -2.10. The lowest BCUT2D eigenvalue weighted by atomic mass is 10.2. The van der Waals surface area contributed by atoms with Crippen LogP contribution in [0.1, 0.15) is 12.5 Å². The summed E-state index contributed by atoms with van der Waals surface area (Å²) >= 11 is 9.27. The van der Waals surface area contributed by atoms with E-state index in [2.05, 4.69) is 36.7 Å². The summed E-state index contributed by atoms with van der Waals surface area (Å²) in [6.45, 7) is 2.42. The fourth-order valence-corrected chi connectivity index (χ4v) is 2.44. The van der Waals surface area contributed by atoms with Crippen molar-refractivity contribution in [2.75, 3.05) is 19.1 Å². The van der Waals surface area contributed by atoms with E-state index in [9.17, 15) is 4.79 Å². The number of methoxy groups -OCH3 is 1. The number of nitrogens with one attached hydrogen (secondary N) is 2. The van der Waals surface area contributed by atoms with Crippen LogP contribution in [0.2, 0.25) is 5.02 Å². The molecule has 0 amide bonds. The molecule has 1 aromatic heterocycles. The molecule has 2 N–H and O–H groups in total. The van der Waals surface area contributed by atoms with Crippen molar-refractivity contribution in [1.29, 1.82) is 0 Å². The van der Waals surface area contributed by atoms with Gasteiger partial charge in [-0.15, -0.1) is 0 Å². The molecule has 0 saturated carbocycles. The molecule has 0 radical (unpaired) electrons. The summed E-state index contributed by atoms with van der Waals surface area (Å²) in [6.07, 6.45) is 2.93. The van der Waals surface area contributed by atoms with Crippen LogP contribution < -0.4 is 20.5 Å². The monoisotopic (exact) mass is 400 g/mol. The number of H-pyrrole nitrogens is 1. The maximum Gasteiger partial charge on any atom is 0.285 e. The van der Waals surface area contributed by atoms with E-state index < -0.39 is 5.56 Å². The van der Waals surface area contributed by atoms with E-state index in [1.54, 1.807) is 19.4 Å². The Hall–Kier alpha value is -2.06. The largest absolute Gasteiger partial charge is 0.493 e. The summed E-state index contributed by atoms with van der Waals surface area (Å²) < 4.78 is 11.6. The fraction of sp³-hybridized carbons (Fsp3) is 0.214. The first-order valence-corrected chi connectivity index (χ1v) is 7.76. The van der Waals surface area contributed by atoms with Crippen molar-refractivity contribution in [3.63, 3.8) is 0 Å². The van der Waals surface area contributed by atoms with Gasteiger partial charge in [0.15, 0.2) is 11.5 Å². The second-order valence-corrected chi connectivity index (χ2v) is 5.50. The van der Waals surface area contributed by atoms with E-state index >= 15 is 0 Å². The minimum atomic E-state index is -0.489. The van der Waals surface area contributed by atoms with E-state index in [4.69, 9.17) is 21.1 Å². The molecule has 0 fully saturated rings. The van der Waals surface area contributed by atoms with Gasteiger partial charge in [-0.25, -0.2) is 5.10 Å². The summed E-state index contributed by atoms with van der Waals surface area (Å²) in [5.41, 5.74) is 3.25. The number of benzene rings is 1. The van der Waals surface area contributed by atoms with E-state index in [-0.39, 0.29) is 5.02 Å². The molecule has 23 heavy (non-hydrogen) atoms. The number of nitrogens with zero attached hydrogens (tertiary/aromatic N) is 2. The molecule has 2 aromatic rings. The van der Waals surface area contributed by atoms with E-state index in [0.29, 0.717) is 23.8 Å². The number of hydrogen-bond acceptors (Lipinski definition) is 6. The molecule has 7 nitrogen and oxygen atoms in total. The normalized spacial score (nSPS) is 10.8. The first-order chi connectivity index (χ1) is 11.1. The zero-order chi connectivity index (χ0) is 16.8. The Kier molecular flexibility index (Phi) is 6.00. The molecule has 0 aliphatic carbocycles. The Morgan fingerprint density at radius 3 is 3.00 bits per heavy atom. The van der Waals surface area contributed by atoms with Crippen molar-refractivity contribution in [3.05, 3.63) is 43.7 Å². The quantitative estimate of drug-likeness (QED) is 0.574. The van der Waals surface area contributed by atoms with Crippen LogP contribution in [0, 0.1) is 0 Å². The lowest BCUT2D eigenvalue weighted by molar-refractivity contribution is 0.309. The third-order valence-corrected chi connectivity index (χ3v) is 3.70. The van der Waals surface area contributed by atoms with Gasteiger partial charge in [-0.1, -0.05) is 11.6 Å². The Labute approximate surface area is 145 Å². The Balaban J connectivity index is 2.21. The maximum atomic E-state index is 11.3. The first kappa shape index (κ1) is 17.3. The number of aromatic nitrogens is 2. The molecule has 9 heteroatoms. The molecule has 1 aromatic carbocycles. The SMILES string of the molecule is CCOc1c(Br)cc(/C=N\Nc2cn[nH]c(=O)c2Cl)cc1OC.